The number of Topliss-reactive ketones (excluding diaryl/α,β-unsaturated/α-hetero) is 1. The summed E-state index contributed by atoms with van der Waals surface area (Å²) in [6, 6.07) is 21.2. The third-order valence-corrected chi connectivity index (χ3v) is 5.46. The molecule has 0 fully saturated rings. The molecule has 3 aromatic carbocycles. The summed E-state index contributed by atoms with van der Waals surface area (Å²) in [7, 11) is 0. The zero-order chi connectivity index (χ0) is 21.7. The molecule has 1 nitrogen and oxygen atoms in total. The average molecular weight is 403 g/mol. The number of rotatable bonds is 7. The topological polar surface area (TPSA) is 17.1 Å². The minimum absolute atomic E-state index is 0.137. The molecule has 3 rings (SSSR count). The summed E-state index contributed by atoms with van der Waals surface area (Å²) in [5.41, 5.74) is 4.99. The number of unbranched alkanes of at least 4 members (excludes halogenated alkanes) is 2. The van der Waals surface area contributed by atoms with E-state index < -0.39 is 5.41 Å². The lowest BCUT2D eigenvalue weighted by atomic mass is 9.86. The fourth-order valence-electron chi connectivity index (χ4n) is 3.62. The van der Waals surface area contributed by atoms with Gasteiger partial charge in [-0.15, -0.1) is 0 Å². The maximum atomic E-state index is 14.7. The highest BCUT2D eigenvalue weighted by Gasteiger charge is 2.22. The molecule has 0 bridgehead atoms. The van der Waals surface area contributed by atoms with E-state index in [2.05, 4.69) is 6.92 Å². The molecule has 0 amide bonds. The van der Waals surface area contributed by atoms with Gasteiger partial charge in [-0.25, -0.2) is 4.39 Å². The number of hydrogen-bond acceptors (Lipinski definition) is 1. The van der Waals surface area contributed by atoms with Gasteiger partial charge in [0.15, 0.2) is 5.78 Å². The van der Waals surface area contributed by atoms with Crippen molar-refractivity contribution >= 4 is 5.78 Å². The van der Waals surface area contributed by atoms with Crippen molar-refractivity contribution in [3.8, 4) is 22.3 Å². The second-order valence-corrected chi connectivity index (χ2v) is 9.01. The Labute approximate surface area is 180 Å². The number of benzene rings is 3. The highest BCUT2D eigenvalue weighted by Crippen LogP contribution is 2.29. The van der Waals surface area contributed by atoms with Crippen molar-refractivity contribution < 1.29 is 9.18 Å². The lowest BCUT2D eigenvalue weighted by molar-refractivity contribution is 0.0858. The molecule has 0 atom stereocenters. The van der Waals surface area contributed by atoms with Gasteiger partial charge in [0, 0.05) is 16.5 Å². The predicted octanol–water partition coefficient (Wildman–Crippen LogP) is 8.12. The van der Waals surface area contributed by atoms with Crippen LogP contribution in [0.1, 0.15) is 62.9 Å². The lowest BCUT2D eigenvalue weighted by Crippen LogP contribution is -2.19. The summed E-state index contributed by atoms with van der Waals surface area (Å²) >= 11 is 0. The van der Waals surface area contributed by atoms with Crippen molar-refractivity contribution in [2.24, 2.45) is 5.41 Å². The predicted molar refractivity (Wildman–Crippen MR) is 124 cm³/mol. The average Bonchev–Trinajstić information content (AvgIpc) is 2.73. The summed E-state index contributed by atoms with van der Waals surface area (Å²) in [6.45, 7) is 7.96. The van der Waals surface area contributed by atoms with Gasteiger partial charge in [-0.1, -0.05) is 101 Å². The molecule has 0 radical (unpaired) electrons. The van der Waals surface area contributed by atoms with Gasteiger partial charge in [0.25, 0.3) is 0 Å². The Bertz CT molecular complexity index is 992. The fourth-order valence-corrected chi connectivity index (χ4v) is 3.62. The number of hydrogen-bond donors (Lipinski definition) is 0. The van der Waals surface area contributed by atoms with Crippen LogP contribution in [0.2, 0.25) is 0 Å². The van der Waals surface area contributed by atoms with Crippen molar-refractivity contribution in [3.63, 3.8) is 0 Å². The van der Waals surface area contributed by atoms with E-state index in [-0.39, 0.29) is 11.6 Å². The second kappa shape index (κ2) is 9.38. The summed E-state index contributed by atoms with van der Waals surface area (Å²) in [4.78, 5) is 12.4. The van der Waals surface area contributed by atoms with Crippen LogP contribution in [0.25, 0.3) is 22.3 Å². The summed E-state index contributed by atoms with van der Waals surface area (Å²) in [5, 5.41) is 0. The molecule has 0 saturated heterocycles. The van der Waals surface area contributed by atoms with Gasteiger partial charge < -0.3 is 0 Å². The Morgan fingerprint density at radius 3 is 1.90 bits per heavy atom. The number of aryl methyl sites for hydroxylation is 1. The molecule has 156 valence electrons. The van der Waals surface area contributed by atoms with E-state index >= 15 is 0 Å². The van der Waals surface area contributed by atoms with Crippen LogP contribution in [0.15, 0.2) is 66.7 Å². The molecule has 0 saturated carbocycles. The lowest BCUT2D eigenvalue weighted by Gasteiger charge is -2.16. The first-order chi connectivity index (χ1) is 14.3. The smallest absolute Gasteiger partial charge is 0.168 e. The van der Waals surface area contributed by atoms with Gasteiger partial charge in [-0.3, -0.25) is 4.79 Å². The maximum Gasteiger partial charge on any atom is 0.168 e. The Morgan fingerprint density at radius 1 is 0.800 bits per heavy atom. The Kier molecular flexibility index (Phi) is 6.87. The van der Waals surface area contributed by atoms with Crippen molar-refractivity contribution in [2.45, 2.75) is 53.4 Å². The molecule has 0 aliphatic carbocycles. The van der Waals surface area contributed by atoms with Gasteiger partial charge in [0.1, 0.15) is 5.82 Å². The van der Waals surface area contributed by atoms with Crippen LogP contribution in [-0.4, -0.2) is 5.78 Å². The maximum absolute atomic E-state index is 14.7. The van der Waals surface area contributed by atoms with E-state index in [1.165, 1.54) is 12.8 Å². The highest BCUT2D eigenvalue weighted by atomic mass is 19.1. The molecule has 0 N–H and O–H groups in total. The standard InChI is InChI=1S/C28H31FO/c1-5-6-7-8-20-9-18-25(26(29)19-20)23-14-10-21(11-15-23)22-12-16-24(17-13-22)27(30)28(2,3)4/h9-19H,5-8H2,1-4H3. The van der Waals surface area contributed by atoms with Gasteiger partial charge in [0.2, 0.25) is 0 Å². The zero-order valence-electron chi connectivity index (χ0n) is 18.5. The van der Waals surface area contributed by atoms with Gasteiger partial charge in [0.05, 0.1) is 0 Å². The second-order valence-electron chi connectivity index (χ2n) is 9.01. The first kappa shape index (κ1) is 22.0. The Hall–Kier alpha value is -2.74. The van der Waals surface area contributed by atoms with E-state index in [1.54, 1.807) is 6.07 Å². The minimum atomic E-state index is -0.390. The number of ketones is 1. The molecule has 30 heavy (non-hydrogen) atoms. The van der Waals surface area contributed by atoms with E-state index in [9.17, 15) is 9.18 Å². The first-order valence-corrected chi connectivity index (χ1v) is 10.8. The third-order valence-electron chi connectivity index (χ3n) is 5.46. The number of halogens is 1. The SMILES string of the molecule is CCCCCc1ccc(-c2ccc(-c3ccc(C(=O)C(C)(C)C)cc3)cc2)c(F)c1. The summed E-state index contributed by atoms with van der Waals surface area (Å²) in [5.74, 6) is -0.0280. The quantitative estimate of drug-likeness (QED) is 0.288. The molecule has 0 aliphatic rings. The molecule has 0 heterocycles. The molecule has 0 aliphatic heterocycles. The normalized spacial score (nSPS) is 11.5. The molecule has 0 spiro atoms. The first-order valence-electron chi connectivity index (χ1n) is 10.8. The van der Waals surface area contributed by atoms with Crippen LogP contribution in [0.5, 0.6) is 0 Å². The summed E-state index contributed by atoms with van der Waals surface area (Å²) in [6.07, 6.45) is 4.38. The molecule has 0 unspecified atom stereocenters. The molecular formula is C28H31FO. The van der Waals surface area contributed by atoms with Crippen LogP contribution in [0, 0.1) is 11.2 Å². The monoisotopic (exact) mass is 402 g/mol. The zero-order valence-corrected chi connectivity index (χ0v) is 18.5. The molecule has 3 aromatic rings. The summed E-state index contributed by atoms with van der Waals surface area (Å²) < 4.78 is 14.7. The molecule has 2 heteroatoms. The van der Waals surface area contributed by atoms with Crippen molar-refractivity contribution in [1.82, 2.24) is 0 Å². The van der Waals surface area contributed by atoms with E-state index in [1.807, 2.05) is 81.4 Å². The number of carbonyl (C=O) groups is 1. The largest absolute Gasteiger partial charge is 0.294 e. The third kappa shape index (κ3) is 5.24. The minimum Gasteiger partial charge on any atom is -0.294 e. The van der Waals surface area contributed by atoms with Crippen molar-refractivity contribution in [3.05, 3.63) is 83.7 Å². The molecular weight excluding hydrogens is 371 g/mol. The Morgan fingerprint density at radius 2 is 1.37 bits per heavy atom. The van der Waals surface area contributed by atoms with Crippen LogP contribution in [-0.2, 0) is 6.42 Å². The van der Waals surface area contributed by atoms with E-state index in [0.29, 0.717) is 5.56 Å². The van der Waals surface area contributed by atoms with E-state index in [4.69, 9.17) is 0 Å². The van der Waals surface area contributed by atoms with Crippen LogP contribution in [0.3, 0.4) is 0 Å². The van der Waals surface area contributed by atoms with Crippen LogP contribution < -0.4 is 0 Å². The van der Waals surface area contributed by atoms with Gasteiger partial charge in [-0.05, 0) is 41.2 Å². The fraction of sp³-hybridized carbons (Fsp3) is 0.321. The number of carbonyl (C=O) groups excluding carboxylic acids is 1. The van der Waals surface area contributed by atoms with Crippen molar-refractivity contribution in [2.75, 3.05) is 0 Å². The van der Waals surface area contributed by atoms with E-state index in [0.717, 1.165) is 40.7 Å². The van der Waals surface area contributed by atoms with Gasteiger partial charge in [-0.2, -0.15) is 0 Å². The van der Waals surface area contributed by atoms with Crippen LogP contribution >= 0.6 is 0 Å². The van der Waals surface area contributed by atoms with Gasteiger partial charge >= 0.3 is 0 Å². The highest BCUT2D eigenvalue weighted by molar-refractivity contribution is 6.00. The van der Waals surface area contributed by atoms with Crippen molar-refractivity contribution in [1.29, 1.82) is 0 Å². The Balaban J connectivity index is 1.76. The van der Waals surface area contributed by atoms with Crippen LogP contribution in [0.4, 0.5) is 4.39 Å². The molecule has 0 aromatic heterocycles.